The van der Waals surface area contributed by atoms with Crippen LogP contribution in [0, 0.1) is 0 Å². The molecule has 1 fully saturated rings. The predicted octanol–water partition coefficient (Wildman–Crippen LogP) is 2.46. The molecule has 2 aromatic rings. The standard InChI is InChI=1S/C16H20N4/c17-12-14-8-4-5-11-20(14)15-9-10-18-16(19-15)13-6-2-1-3-7-13/h1-3,6-7,9-10,14H,4-5,8,11-12,17H2. The molecule has 1 atom stereocenters. The second-order valence-corrected chi connectivity index (χ2v) is 5.18. The monoisotopic (exact) mass is 268 g/mol. The van der Waals surface area contributed by atoms with Crippen LogP contribution in [0.5, 0.6) is 0 Å². The quantitative estimate of drug-likeness (QED) is 0.929. The summed E-state index contributed by atoms with van der Waals surface area (Å²) in [7, 11) is 0. The van der Waals surface area contributed by atoms with E-state index in [2.05, 4.69) is 9.88 Å². The van der Waals surface area contributed by atoms with Gasteiger partial charge in [0.05, 0.1) is 0 Å². The van der Waals surface area contributed by atoms with Gasteiger partial charge in [0.2, 0.25) is 0 Å². The molecule has 0 spiro atoms. The van der Waals surface area contributed by atoms with Crippen molar-refractivity contribution in [3.8, 4) is 11.4 Å². The minimum Gasteiger partial charge on any atom is -0.352 e. The van der Waals surface area contributed by atoms with E-state index in [4.69, 9.17) is 10.7 Å². The van der Waals surface area contributed by atoms with Gasteiger partial charge in [0.1, 0.15) is 5.82 Å². The molecule has 4 heteroatoms. The fraction of sp³-hybridized carbons (Fsp3) is 0.375. The Morgan fingerprint density at radius 3 is 2.80 bits per heavy atom. The third kappa shape index (κ3) is 2.65. The molecule has 0 aliphatic carbocycles. The second-order valence-electron chi connectivity index (χ2n) is 5.18. The maximum absolute atomic E-state index is 5.90. The number of benzene rings is 1. The smallest absolute Gasteiger partial charge is 0.161 e. The van der Waals surface area contributed by atoms with E-state index in [0.717, 1.165) is 30.2 Å². The molecule has 4 nitrogen and oxygen atoms in total. The van der Waals surface area contributed by atoms with E-state index < -0.39 is 0 Å². The number of anilines is 1. The van der Waals surface area contributed by atoms with Gasteiger partial charge in [0.25, 0.3) is 0 Å². The van der Waals surface area contributed by atoms with Crippen LogP contribution in [0.25, 0.3) is 11.4 Å². The molecule has 0 saturated carbocycles. The highest BCUT2D eigenvalue weighted by molar-refractivity contribution is 5.57. The lowest BCUT2D eigenvalue weighted by atomic mass is 10.0. The highest BCUT2D eigenvalue weighted by Crippen LogP contribution is 2.24. The van der Waals surface area contributed by atoms with Crippen molar-refractivity contribution >= 4 is 5.82 Å². The summed E-state index contributed by atoms with van der Waals surface area (Å²) < 4.78 is 0. The molecule has 2 N–H and O–H groups in total. The van der Waals surface area contributed by atoms with Crippen LogP contribution in [-0.2, 0) is 0 Å². The highest BCUT2D eigenvalue weighted by Gasteiger charge is 2.22. The van der Waals surface area contributed by atoms with E-state index in [1.807, 2.05) is 42.6 Å². The number of nitrogens with two attached hydrogens (primary N) is 1. The molecule has 0 bridgehead atoms. The number of piperidine rings is 1. The van der Waals surface area contributed by atoms with Gasteiger partial charge in [0.15, 0.2) is 5.82 Å². The lowest BCUT2D eigenvalue weighted by Crippen LogP contribution is -2.44. The van der Waals surface area contributed by atoms with Gasteiger partial charge >= 0.3 is 0 Å². The zero-order valence-corrected chi connectivity index (χ0v) is 11.6. The molecule has 2 heterocycles. The third-order valence-electron chi connectivity index (χ3n) is 3.87. The molecule has 1 aromatic carbocycles. The topological polar surface area (TPSA) is 55.0 Å². The van der Waals surface area contributed by atoms with Crippen LogP contribution < -0.4 is 10.6 Å². The Kier molecular flexibility index (Phi) is 3.92. The molecule has 1 unspecified atom stereocenters. The molecule has 3 rings (SSSR count). The maximum Gasteiger partial charge on any atom is 0.161 e. The van der Waals surface area contributed by atoms with Crippen LogP contribution in [0.15, 0.2) is 42.6 Å². The van der Waals surface area contributed by atoms with Crippen LogP contribution in [0.3, 0.4) is 0 Å². The Morgan fingerprint density at radius 1 is 1.15 bits per heavy atom. The van der Waals surface area contributed by atoms with Crippen molar-refractivity contribution in [2.45, 2.75) is 25.3 Å². The number of aromatic nitrogens is 2. The van der Waals surface area contributed by atoms with Crippen molar-refractivity contribution in [2.24, 2.45) is 5.73 Å². The van der Waals surface area contributed by atoms with Gasteiger partial charge in [-0.2, -0.15) is 0 Å². The molecule has 104 valence electrons. The van der Waals surface area contributed by atoms with Crippen molar-refractivity contribution in [3.05, 3.63) is 42.6 Å². The van der Waals surface area contributed by atoms with Gasteiger partial charge in [-0.15, -0.1) is 0 Å². The van der Waals surface area contributed by atoms with E-state index in [-0.39, 0.29) is 0 Å². The lowest BCUT2D eigenvalue weighted by Gasteiger charge is -2.36. The molecule has 1 aliphatic rings. The summed E-state index contributed by atoms with van der Waals surface area (Å²) in [6, 6.07) is 12.5. The summed E-state index contributed by atoms with van der Waals surface area (Å²) in [4.78, 5) is 11.4. The van der Waals surface area contributed by atoms with Gasteiger partial charge < -0.3 is 10.6 Å². The second kappa shape index (κ2) is 6.01. The average molecular weight is 268 g/mol. The van der Waals surface area contributed by atoms with E-state index in [9.17, 15) is 0 Å². The highest BCUT2D eigenvalue weighted by atomic mass is 15.2. The fourth-order valence-electron chi connectivity index (χ4n) is 2.78. The van der Waals surface area contributed by atoms with Crippen LogP contribution in [0.2, 0.25) is 0 Å². The number of rotatable bonds is 3. The lowest BCUT2D eigenvalue weighted by molar-refractivity contribution is 0.462. The fourth-order valence-corrected chi connectivity index (χ4v) is 2.78. The van der Waals surface area contributed by atoms with Crippen molar-refractivity contribution < 1.29 is 0 Å². The van der Waals surface area contributed by atoms with Crippen molar-refractivity contribution in [1.82, 2.24) is 9.97 Å². The zero-order valence-electron chi connectivity index (χ0n) is 11.6. The first-order valence-corrected chi connectivity index (χ1v) is 7.23. The summed E-state index contributed by atoms with van der Waals surface area (Å²) in [6.07, 6.45) is 5.46. The minimum absolute atomic E-state index is 0.405. The van der Waals surface area contributed by atoms with Gasteiger partial charge in [-0.3, -0.25) is 0 Å². The number of hydrogen-bond acceptors (Lipinski definition) is 4. The Labute approximate surface area is 119 Å². The van der Waals surface area contributed by atoms with Crippen LogP contribution in [0.1, 0.15) is 19.3 Å². The van der Waals surface area contributed by atoms with Crippen LogP contribution >= 0.6 is 0 Å². The summed E-state index contributed by atoms with van der Waals surface area (Å²) in [6.45, 7) is 1.72. The molecule has 20 heavy (non-hydrogen) atoms. The summed E-state index contributed by atoms with van der Waals surface area (Å²) in [5, 5.41) is 0. The van der Waals surface area contributed by atoms with E-state index >= 15 is 0 Å². The van der Waals surface area contributed by atoms with Gasteiger partial charge in [-0.05, 0) is 25.3 Å². The van der Waals surface area contributed by atoms with Gasteiger partial charge in [0, 0.05) is 30.9 Å². The predicted molar refractivity (Wildman–Crippen MR) is 81.5 cm³/mol. The van der Waals surface area contributed by atoms with E-state index in [0.29, 0.717) is 12.6 Å². The summed E-state index contributed by atoms with van der Waals surface area (Å²) in [5.41, 5.74) is 6.95. The Balaban J connectivity index is 1.91. The van der Waals surface area contributed by atoms with Crippen LogP contribution in [-0.4, -0.2) is 29.1 Å². The Morgan fingerprint density at radius 2 is 2.00 bits per heavy atom. The van der Waals surface area contributed by atoms with Crippen LogP contribution in [0.4, 0.5) is 5.82 Å². The Bertz CT molecular complexity index is 555. The number of hydrogen-bond donors (Lipinski definition) is 1. The first-order chi connectivity index (χ1) is 9.88. The molecular formula is C16H20N4. The average Bonchev–Trinajstić information content (AvgIpc) is 2.56. The summed E-state index contributed by atoms with van der Waals surface area (Å²) in [5.74, 6) is 1.78. The first-order valence-electron chi connectivity index (χ1n) is 7.23. The summed E-state index contributed by atoms with van der Waals surface area (Å²) >= 11 is 0. The molecule has 0 radical (unpaired) electrons. The first kappa shape index (κ1) is 13.1. The number of nitrogens with zero attached hydrogens (tertiary/aromatic N) is 3. The van der Waals surface area contributed by atoms with Gasteiger partial charge in [-0.1, -0.05) is 30.3 Å². The largest absolute Gasteiger partial charge is 0.352 e. The molecule has 1 aliphatic heterocycles. The molecule has 1 saturated heterocycles. The zero-order chi connectivity index (χ0) is 13.8. The third-order valence-corrected chi connectivity index (χ3v) is 3.87. The SMILES string of the molecule is NCC1CCCCN1c1ccnc(-c2ccccc2)n1. The van der Waals surface area contributed by atoms with E-state index in [1.165, 1.54) is 12.8 Å². The van der Waals surface area contributed by atoms with Gasteiger partial charge in [-0.25, -0.2) is 9.97 Å². The van der Waals surface area contributed by atoms with Crippen molar-refractivity contribution in [2.75, 3.05) is 18.0 Å². The van der Waals surface area contributed by atoms with E-state index in [1.54, 1.807) is 0 Å². The van der Waals surface area contributed by atoms with Crippen molar-refractivity contribution in [1.29, 1.82) is 0 Å². The molecule has 1 aromatic heterocycles. The maximum atomic E-state index is 5.90. The molecule has 0 amide bonds. The van der Waals surface area contributed by atoms with Crippen molar-refractivity contribution in [3.63, 3.8) is 0 Å². The minimum atomic E-state index is 0.405. The molecular weight excluding hydrogens is 248 g/mol. The normalized spacial score (nSPS) is 19.1. The Hall–Kier alpha value is -1.94.